The summed E-state index contributed by atoms with van der Waals surface area (Å²) in [6.45, 7) is 3.60. The molecular formula is C25H23FN2O5S. The molecule has 176 valence electrons. The summed E-state index contributed by atoms with van der Waals surface area (Å²) in [5.74, 6) is -1.91. The van der Waals surface area contributed by atoms with Crippen molar-refractivity contribution in [3.63, 3.8) is 0 Å². The van der Waals surface area contributed by atoms with Gasteiger partial charge in [0.05, 0.1) is 16.1 Å². The van der Waals surface area contributed by atoms with Crippen molar-refractivity contribution < 1.29 is 27.1 Å². The normalized spacial score (nSPS) is 13.8. The number of carbonyl (C=O) groups is 2. The van der Waals surface area contributed by atoms with Crippen LogP contribution >= 0.6 is 0 Å². The number of para-hydroxylation sites is 2. The molecule has 0 aromatic heterocycles. The number of sulfonamides is 1. The summed E-state index contributed by atoms with van der Waals surface area (Å²) in [5.41, 5.74) is 2.10. The van der Waals surface area contributed by atoms with E-state index in [1.165, 1.54) is 37.3 Å². The van der Waals surface area contributed by atoms with Crippen LogP contribution in [0, 0.1) is 12.7 Å². The third-order valence-corrected chi connectivity index (χ3v) is 7.01. The van der Waals surface area contributed by atoms with Gasteiger partial charge < -0.3 is 9.64 Å². The second kappa shape index (κ2) is 9.26. The molecule has 0 saturated heterocycles. The Balaban J connectivity index is 1.52. The van der Waals surface area contributed by atoms with E-state index in [9.17, 15) is 22.4 Å². The third-order valence-electron chi connectivity index (χ3n) is 5.64. The van der Waals surface area contributed by atoms with Crippen LogP contribution in [-0.4, -0.2) is 32.9 Å². The first-order valence-corrected chi connectivity index (χ1v) is 12.1. The largest absolute Gasteiger partial charge is 0.449 e. The molecule has 3 aromatic rings. The number of anilines is 2. The Kier molecular flexibility index (Phi) is 6.39. The van der Waals surface area contributed by atoms with Crippen LogP contribution in [0.25, 0.3) is 0 Å². The van der Waals surface area contributed by atoms with E-state index >= 15 is 0 Å². The van der Waals surface area contributed by atoms with Gasteiger partial charge in [0.25, 0.3) is 15.9 Å². The lowest BCUT2D eigenvalue weighted by Gasteiger charge is -2.22. The summed E-state index contributed by atoms with van der Waals surface area (Å²) in [7, 11) is -4.17. The summed E-state index contributed by atoms with van der Waals surface area (Å²) in [4.78, 5) is 27.1. The number of carbonyl (C=O) groups excluding carboxylic acids is 2. The molecule has 0 spiro atoms. The summed E-state index contributed by atoms with van der Waals surface area (Å²) in [5, 5.41) is 0. The van der Waals surface area contributed by atoms with Crippen LogP contribution in [-0.2, 0) is 26.0 Å². The van der Waals surface area contributed by atoms with Crippen molar-refractivity contribution in [1.29, 1.82) is 0 Å². The van der Waals surface area contributed by atoms with Gasteiger partial charge in [-0.25, -0.2) is 17.6 Å². The highest BCUT2D eigenvalue weighted by atomic mass is 32.2. The lowest BCUT2D eigenvalue weighted by molar-refractivity contribution is -0.126. The fourth-order valence-electron chi connectivity index (χ4n) is 3.80. The number of benzene rings is 3. The number of esters is 1. The number of rotatable bonds is 6. The Labute approximate surface area is 197 Å². The molecule has 3 aromatic carbocycles. The first kappa shape index (κ1) is 23.4. The van der Waals surface area contributed by atoms with Gasteiger partial charge in [0.15, 0.2) is 6.10 Å². The van der Waals surface area contributed by atoms with Crippen LogP contribution in [0.3, 0.4) is 0 Å². The Morgan fingerprint density at radius 2 is 1.76 bits per heavy atom. The van der Waals surface area contributed by atoms with Crippen molar-refractivity contribution in [2.24, 2.45) is 0 Å². The molecule has 1 aliphatic rings. The van der Waals surface area contributed by atoms with E-state index in [4.69, 9.17) is 4.74 Å². The molecule has 1 atom stereocenters. The molecule has 34 heavy (non-hydrogen) atoms. The number of hydrogen-bond acceptors (Lipinski definition) is 5. The molecule has 0 aliphatic carbocycles. The molecule has 1 amide bonds. The number of nitrogens with zero attached hydrogens (tertiary/aromatic N) is 1. The minimum atomic E-state index is -4.17. The fraction of sp³-hybridized carbons (Fsp3) is 0.200. The lowest BCUT2D eigenvalue weighted by Crippen LogP contribution is -2.39. The SMILES string of the molecule is Cc1ccc(S(=O)(=O)Nc2ccccc2F)cc1C(=O)OC(C)C(=O)N1CCc2ccccc21. The van der Waals surface area contributed by atoms with Crippen LogP contribution < -0.4 is 9.62 Å². The molecule has 0 fully saturated rings. The van der Waals surface area contributed by atoms with Crippen molar-refractivity contribution in [1.82, 2.24) is 0 Å². The van der Waals surface area contributed by atoms with Gasteiger partial charge in [-0.1, -0.05) is 36.4 Å². The van der Waals surface area contributed by atoms with Gasteiger partial charge >= 0.3 is 5.97 Å². The van der Waals surface area contributed by atoms with E-state index < -0.39 is 27.9 Å². The van der Waals surface area contributed by atoms with Gasteiger partial charge in [0, 0.05) is 12.2 Å². The Morgan fingerprint density at radius 3 is 2.53 bits per heavy atom. The summed E-state index contributed by atoms with van der Waals surface area (Å²) < 4.78 is 47.0. The van der Waals surface area contributed by atoms with Crippen LogP contribution in [0.4, 0.5) is 15.8 Å². The van der Waals surface area contributed by atoms with Crippen LogP contribution in [0.2, 0.25) is 0 Å². The number of aryl methyl sites for hydroxylation is 1. The predicted octanol–water partition coefficient (Wildman–Crippen LogP) is 4.07. The first-order chi connectivity index (χ1) is 16.2. The van der Waals surface area contributed by atoms with Gasteiger partial charge in [-0.15, -0.1) is 0 Å². The monoisotopic (exact) mass is 482 g/mol. The van der Waals surface area contributed by atoms with E-state index in [1.807, 2.05) is 24.3 Å². The molecule has 4 rings (SSSR count). The van der Waals surface area contributed by atoms with Crippen molar-refractivity contribution in [3.8, 4) is 0 Å². The molecule has 0 saturated carbocycles. The topological polar surface area (TPSA) is 92.8 Å². The van der Waals surface area contributed by atoms with Gasteiger partial charge in [-0.2, -0.15) is 0 Å². The Bertz CT molecular complexity index is 1370. The van der Waals surface area contributed by atoms with E-state index in [2.05, 4.69) is 4.72 Å². The number of ether oxygens (including phenoxy) is 1. The maximum atomic E-state index is 13.9. The number of nitrogens with one attached hydrogen (secondary N) is 1. The zero-order valence-corrected chi connectivity index (χ0v) is 19.4. The molecule has 9 heteroatoms. The summed E-state index contributed by atoms with van der Waals surface area (Å²) in [6, 6.07) is 16.8. The highest BCUT2D eigenvalue weighted by Crippen LogP contribution is 2.28. The second-order valence-corrected chi connectivity index (χ2v) is 9.66. The standard InChI is InChI=1S/C25H23FN2O5S/c1-16-11-12-19(34(31,32)27-22-9-5-4-8-21(22)26)15-20(16)25(30)33-17(2)24(29)28-14-13-18-7-3-6-10-23(18)28/h3-12,15,17,27H,13-14H2,1-2H3. The fourth-order valence-corrected chi connectivity index (χ4v) is 4.89. The van der Waals surface area contributed by atoms with Crippen molar-refractivity contribution in [2.45, 2.75) is 31.3 Å². The molecule has 1 N–H and O–H groups in total. The average molecular weight is 483 g/mol. The molecule has 1 heterocycles. The number of halogens is 1. The molecule has 7 nitrogen and oxygen atoms in total. The average Bonchev–Trinajstić information content (AvgIpc) is 3.24. The summed E-state index contributed by atoms with van der Waals surface area (Å²) >= 11 is 0. The van der Waals surface area contributed by atoms with Gasteiger partial charge in [0.2, 0.25) is 0 Å². The van der Waals surface area contributed by atoms with Gasteiger partial charge in [0.1, 0.15) is 5.82 Å². The van der Waals surface area contributed by atoms with Gasteiger partial charge in [-0.3, -0.25) is 9.52 Å². The minimum Gasteiger partial charge on any atom is -0.449 e. The second-order valence-electron chi connectivity index (χ2n) is 7.98. The minimum absolute atomic E-state index is 0.00196. The lowest BCUT2D eigenvalue weighted by atomic mass is 10.1. The van der Waals surface area contributed by atoms with E-state index in [-0.39, 0.29) is 22.1 Å². The van der Waals surface area contributed by atoms with Crippen molar-refractivity contribution in [2.75, 3.05) is 16.2 Å². The maximum Gasteiger partial charge on any atom is 0.339 e. The zero-order valence-electron chi connectivity index (χ0n) is 18.6. The number of amides is 1. The number of hydrogen-bond donors (Lipinski definition) is 1. The molecule has 1 aliphatic heterocycles. The van der Waals surface area contributed by atoms with Gasteiger partial charge in [-0.05, 0) is 61.7 Å². The van der Waals surface area contributed by atoms with Crippen molar-refractivity contribution >= 4 is 33.3 Å². The quantitative estimate of drug-likeness (QED) is 0.535. The molecule has 0 bridgehead atoms. The smallest absolute Gasteiger partial charge is 0.339 e. The predicted molar refractivity (Wildman–Crippen MR) is 126 cm³/mol. The van der Waals surface area contributed by atoms with Crippen LogP contribution in [0.1, 0.15) is 28.4 Å². The third kappa shape index (κ3) is 4.65. The maximum absolute atomic E-state index is 13.9. The zero-order chi connectivity index (χ0) is 24.5. The van der Waals surface area contributed by atoms with E-state index in [1.54, 1.807) is 11.8 Å². The first-order valence-electron chi connectivity index (χ1n) is 10.7. The van der Waals surface area contributed by atoms with E-state index in [0.717, 1.165) is 29.8 Å². The molecule has 1 unspecified atom stereocenters. The summed E-state index contributed by atoms with van der Waals surface area (Å²) in [6.07, 6.45) is -0.355. The molecular weight excluding hydrogens is 459 g/mol. The van der Waals surface area contributed by atoms with Crippen molar-refractivity contribution in [3.05, 3.63) is 89.2 Å². The van der Waals surface area contributed by atoms with Crippen LogP contribution in [0.5, 0.6) is 0 Å². The number of fused-ring (bicyclic) bond motifs is 1. The molecule has 0 radical (unpaired) electrons. The Hall–Kier alpha value is -3.72. The van der Waals surface area contributed by atoms with Crippen LogP contribution in [0.15, 0.2) is 71.6 Å². The highest BCUT2D eigenvalue weighted by Gasteiger charge is 2.30. The Morgan fingerprint density at radius 1 is 1.06 bits per heavy atom. The highest BCUT2D eigenvalue weighted by molar-refractivity contribution is 7.92. The van der Waals surface area contributed by atoms with E-state index in [0.29, 0.717) is 12.1 Å².